The molecule has 74 valence electrons. The van der Waals surface area contributed by atoms with Gasteiger partial charge in [0.15, 0.2) is 0 Å². The molecular weight excluding hydrogens is 184 g/mol. The number of nitrogens with one attached hydrogen (secondary N) is 2. The summed E-state index contributed by atoms with van der Waals surface area (Å²) in [5, 5.41) is 33.0. The zero-order chi connectivity index (χ0) is 10.9. The summed E-state index contributed by atoms with van der Waals surface area (Å²) in [7, 11) is 0. The minimum absolute atomic E-state index is 0.127. The van der Waals surface area contributed by atoms with Crippen LogP contribution in [0.25, 0.3) is 0 Å². The van der Waals surface area contributed by atoms with Crippen molar-refractivity contribution in [3.05, 3.63) is 23.3 Å². The summed E-state index contributed by atoms with van der Waals surface area (Å²) in [5.41, 5.74) is 10.1. The third-order valence-corrected chi connectivity index (χ3v) is 1.70. The highest BCUT2D eigenvalue weighted by Gasteiger charge is 2.17. The molecule has 8 N–H and O–H groups in total. The van der Waals surface area contributed by atoms with Crippen LogP contribution in [0.5, 0.6) is 11.5 Å². The highest BCUT2D eigenvalue weighted by Crippen LogP contribution is 2.27. The molecule has 6 nitrogen and oxygen atoms in total. The van der Waals surface area contributed by atoms with Gasteiger partial charge in [-0.05, 0) is 12.1 Å². The van der Waals surface area contributed by atoms with E-state index in [1.165, 1.54) is 12.1 Å². The Bertz CT molecular complexity index is 375. The zero-order valence-corrected chi connectivity index (χ0v) is 7.20. The van der Waals surface area contributed by atoms with Gasteiger partial charge in [0, 0.05) is 0 Å². The molecule has 0 aliphatic carbocycles. The van der Waals surface area contributed by atoms with Crippen molar-refractivity contribution in [3.63, 3.8) is 0 Å². The van der Waals surface area contributed by atoms with Gasteiger partial charge in [0.05, 0.1) is 11.1 Å². The van der Waals surface area contributed by atoms with E-state index >= 15 is 0 Å². The molecule has 0 atom stereocenters. The van der Waals surface area contributed by atoms with E-state index in [4.69, 9.17) is 22.3 Å². The van der Waals surface area contributed by atoms with Gasteiger partial charge >= 0.3 is 0 Å². The molecule has 0 bridgehead atoms. The maximum Gasteiger partial charge on any atom is 0.127 e. The van der Waals surface area contributed by atoms with Crippen molar-refractivity contribution < 1.29 is 10.2 Å². The Morgan fingerprint density at radius 1 is 0.929 bits per heavy atom. The summed E-state index contributed by atoms with van der Waals surface area (Å²) in [6.45, 7) is 0. The molecule has 0 amide bonds. The van der Waals surface area contributed by atoms with Crippen LogP contribution in [0.3, 0.4) is 0 Å². The van der Waals surface area contributed by atoms with Gasteiger partial charge in [-0.1, -0.05) is 0 Å². The molecule has 14 heavy (non-hydrogen) atoms. The molecule has 0 aromatic heterocycles. The lowest BCUT2D eigenvalue weighted by atomic mass is 10.0. The second kappa shape index (κ2) is 3.25. The number of hydrogen-bond acceptors (Lipinski definition) is 4. The highest BCUT2D eigenvalue weighted by molar-refractivity contribution is 6.11. The molecule has 1 aromatic rings. The molecule has 0 fully saturated rings. The van der Waals surface area contributed by atoms with Crippen molar-refractivity contribution >= 4 is 11.7 Å². The van der Waals surface area contributed by atoms with Crippen LogP contribution in [0.4, 0.5) is 0 Å². The van der Waals surface area contributed by atoms with Gasteiger partial charge in [0.2, 0.25) is 0 Å². The van der Waals surface area contributed by atoms with Gasteiger partial charge in [0.1, 0.15) is 23.2 Å². The fourth-order valence-electron chi connectivity index (χ4n) is 1.13. The largest absolute Gasteiger partial charge is 0.507 e. The summed E-state index contributed by atoms with van der Waals surface area (Å²) >= 11 is 0. The van der Waals surface area contributed by atoms with Crippen LogP contribution in [0, 0.1) is 10.8 Å². The molecule has 0 saturated carbocycles. The molecule has 0 radical (unpaired) electrons. The first-order valence-electron chi connectivity index (χ1n) is 3.69. The number of nitrogens with two attached hydrogens (primary N) is 2. The number of rotatable bonds is 2. The Morgan fingerprint density at radius 2 is 1.21 bits per heavy atom. The topological polar surface area (TPSA) is 140 Å². The lowest BCUT2D eigenvalue weighted by molar-refractivity contribution is 0.458. The van der Waals surface area contributed by atoms with E-state index in [1.807, 2.05) is 0 Å². The van der Waals surface area contributed by atoms with Crippen molar-refractivity contribution in [2.75, 3.05) is 0 Å². The van der Waals surface area contributed by atoms with E-state index in [9.17, 15) is 10.2 Å². The Hall–Kier alpha value is -2.24. The monoisotopic (exact) mass is 194 g/mol. The van der Waals surface area contributed by atoms with Crippen molar-refractivity contribution in [2.45, 2.75) is 0 Å². The Morgan fingerprint density at radius 3 is 1.43 bits per heavy atom. The predicted molar refractivity (Wildman–Crippen MR) is 51.8 cm³/mol. The molecule has 0 spiro atoms. The SMILES string of the molecule is N=C(N)c1c(O)ccc(O)c1C(=N)N. The molecule has 0 saturated heterocycles. The minimum atomic E-state index is -0.455. The number of hydrogen-bond donors (Lipinski definition) is 6. The highest BCUT2D eigenvalue weighted by atomic mass is 16.3. The molecule has 0 unspecified atom stereocenters. The fraction of sp³-hybridized carbons (Fsp3) is 0. The molecule has 1 aromatic carbocycles. The van der Waals surface area contributed by atoms with Gasteiger partial charge in [-0.2, -0.15) is 0 Å². The molecule has 6 heteroatoms. The summed E-state index contributed by atoms with van der Waals surface area (Å²) in [4.78, 5) is 0. The number of phenols is 2. The predicted octanol–water partition coefficient (Wildman–Crippen LogP) is -0.334. The van der Waals surface area contributed by atoms with Crippen molar-refractivity contribution in [3.8, 4) is 11.5 Å². The molecular formula is C8H10N4O2. The second-order valence-electron chi connectivity index (χ2n) is 2.68. The summed E-state index contributed by atoms with van der Waals surface area (Å²) in [5.74, 6) is -1.49. The van der Waals surface area contributed by atoms with Crippen LogP contribution in [0.2, 0.25) is 0 Å². The van der Waals surface area contributed by atoms with Crippen LogP contribution in [-0.2, 0) is 0 Å². The van der Waals surface area contributed by atoms with E-state index in [-0.39, 0.29) is 22.6 Å². The van der Waals surface area contributed by atoms with E-state index < -0.39 is 11.7 Å². The van der Waals surface area contributed by atoms with Gasteiger partial charge in [-0.15, -0.1) is 0 Å². The Balaban J connectivity index is 3.58. The average Bonchev–Trinajstić information content (AvgIpc) is 2.07. The van der Waals surface area contributed by atoms with Crippen molar-refractivity contribution in [1.29, 1.82) is 10.8 Å². The van der Waals surface area contributed by atoms with Crippen LogP contribution in [0.15, 0.2) is 12.1 Å². The Labute approximate surface area is 79.8 Å². The van der Waals surface area contributed by atoms with E-state index in [0.29, 0.717) is 0 Å². The molecule has 1 rings (SSSR count). The van der Waals surface area contributed by atoms with Gasteiger partial charge in [-0.3, -0.25) is 10.8 Å². The maximum absolute atomic E-state index is 9.35. The average molecular weight is 194 g/mol. The normalized spacial score (nSPS) is 9.71. The Kier molecular flexibility index (Phi) is 2.29. The number of amidine groups is 2. The zero-order valence-electron chi connectivity index (χ0n) is 7.20. The number of aromatic hydroxyl groups is 2. The van der Waals surface area contributed by atoms with Crippen LogP contribution in [0.1, 0.15) is 11.1 Å². The second-order valence-corrected chi connectivity index (χ2v) is 2.68. The summed E-state index contributed by atoms with van der Waals surface area (Å²) in [6.07, 6.45) is 0. The first-order valence-corrected chi connectivity index (χ1v) is 3.69. The van der Waals surface area contributed by atoms with Gasteiger partial charge < -0.3 is 21.7 Å². The molecule has 0 aliphatic heterocycles. The van der Waals surface area contributed by atoms with Crippen molar-refractivity contribution in [1.82, 2.24) is 0 Å². The van der Waals surface area contributed by atoms with Crippen LogP contribution < -0.4 is 11.5 Å². The quantitative estimate of drug-likeness (QED) is 0.218. The van der Waals surface area contributed by atoms with Gasteiger partial charge in [-0.25, -0.2) is 0 Å². The van der Waals surface area contributed by atoms with E-state index in [2.05, 4.69) is 0 Å². The van der Waals surface area contributed by atoms with Crippen LogP contribution >= 0.6 is 0 Å². The lowest BCUT2D eigenvalue weighted by Gasteiger charge is -2.10. The first kappa shape index (κ1) is 9.85. The summed E-state index contributed by atoms with van der Waals surface area (Å²) in [6, 6.07) is 2.36. The van der Waals surface area contributed by atoms with Gasteiger partial charge in [0.25, 0.3) is 0 Å². The molecule has 0 aliphatic rings. The van der Waals surface area contributed by atoms with E-state index in [1.54, 1.807) is 0 Å². The number of nitrogen functional groups attached to an aromatic ring is 2. The third kappa shape index (κ3) is 1.45. The number of benzene rings is 1. The first-order chi connectivity index (χ1) is 6.45. The smallest absolute Gasteiger partial charge is 0.127 e. The van der Waals surface area contributed by atoms with Crippen LogP contribution in [-0.4, -0.2) is 21.9 Å². The lowest BCUT2D eigenvalue weighted by Crippen LogP contribution is -2.20. The van der Waals surface area contributed by atoms with Crippen molar-refractivity contribution in [2.24, 2.45) is 11.5 Å². The number of phenolic OH excluding ortho intramolecular Hbond substituents is 2. The fourth-order valence-corrected chi connectivity index (χ4v) is 1.13. The maximum atomic E-state index is 9.35. The standard InChI is InChI=1S/C8H10N4O2/c9-7(10)5-3(13)1-2-4(14)6(5)8(11)12/h1-2,13-14H,(H3,9,10)(H3,11,12). The molecule has 0 heterocycles. The summed E-state index contributed by atoms with van der Waals surface area (Å²) < 4.78 is 0. The van der Waals surface area contributed by atoms with E-state index in [0.717, 1.165) is 0 Å². The minimum Gasteiger partial charge on any atom is -0.507 e. The third-order valence-electron chi connectivity index (χ3n) is 1.70.